The molecule has 1 heterocycles. The zero-order chi connectivity index (χ0) is 10.8. The first kappa shape index (κ1) is 11.5. The topological polar surface area (TPSA) is 29.5 Å². The molecular weight excluding hydrogens is 178 g/mol. The van der Waals surface area contributed by atoms with E-state index in [-0.39, 0.29) is 11.3 Å². The van der Waals surface area contributed by atoms with E-state index in [0.29, 0.717) is 12.5 Å². The van der Waals surface area contributed by atoms with E-state index in [2.05, 4.69) is 6.92 Å². The molecule has 0 aromatic carbocycles. The first-order valence-corrected chi connectivity index (χ1v) is 5.28. The van der Waals surface area contributed by atoms with Gasteiger partial charge >= 0.3 is 0 Å². The van der Waals surface area contributed by atoms with Gasteiger partial charge in [-0.15, -0.1) is 0 Å². The SMILES string of the molecule is CC1COCCN(C(=O)C(C)(C)C)C1. The molecule has 1 unspecified atom stereocenters. The van der Waals surface area contributed by atoms with Crippen LogP contribution in [0.5, 0.6) is 0 Å². The van der Waals surface area contributed by atoms with Crippen molar-refractivity contribution in [3.8, 4) is 0 Å². The number of hydrogen-bond acceptors (Lipinski definition) is 2. The summed E-state index contributed by atoms with van der Waals surface area (Å²) in [5, 5.41) is 0. The third kappa shape index (κ3) is 2.98. The van der Waals surface area contributed by atoms with Crippen LogP contribution in [0, 0.1) is 11.3 Å². The second-order valence-electron chi connectivity index (χ2n) is 5.18. The van der Waals surface area contributed by atoms with Gasteiger partial charge in [-0.2, -0.15) is 0 Å². The lowest BCUT2D eigenvalue weighted by atomic mass is 9.94. The maximum Gasteiger partial charge on any atom is 0.228 e. The number of carbonyl (C=O) groups excluding carboxylic acids is 1. The summed E-state index contributed by atoms with van der Waals surface area (Å²) in [6, 6.07) is 0. The summed E-state index contributed by atoms with van der Waals surface area (Å²) in [6.45, 7) is 11.0. The molecule has 0 aromatic rings. The Balaban J connectivity index is 2.62. The van der Waals surface area contributed by atoms with Crippen LogP contribution in [0.2, 0.25) is 0 Å². The zero-order valence-corrected chi connectivity index (χ0v) is 9.67. The van der Waals surface area contributed by atoms with Crippen molar-refractivity contribution in [2.45, 2.75) is 27.7 Å². The fourth-order valence-corrected chi connectivity index (χ4v) is 1.64. The van der Waals surface area contributed by atoms with Crippen molar-refractivity contribution in [2.75, 3.05) is 26.3 Å². The summed E-state index contributed by atoms with van der Waals surface area (Å²) in [5.74, 6) is 0.679. The second kappa shape index (κ2) is 4.30. The molecule has 0 radical (unpaired) electrons. The van der Waals surface area contributed by atoms with Crippen LogP contribution >= 0.6 is 0 Å². The van der Waals surface area contributed by atoms with E-state index in [0.717, 1.165) is 19.7 Å². The number of carbonyl (C=O) groups is 1. The van der Waals surface area contributed by atoms with E-state index in [4.69, 9.17) is 4.74 Å². The minimum atomic E-state index is -0.274. The van der Waals surface area contributed by atoms with Gasteiger partial charge in [0.2, 0.25) is 5.91 Å². The first-order chi connectivity index (χ1) is 6.41. The predicted octanol–water partition coefficient (Wildman–Crippen LogP) is 1.53. The summed E-state index contributed by atoms with van der Waals surface area (Å²) < 4.78 is 5.41. The van der Waals surface area contributed by atoms with E-state index >= 15 is 0 Å². The molecule has 1 atom stereocenters. The molecule has 3 heteroatoms. The summed E-state index contributed by atoms with van der Waals surface area (Å²) in [6.07, 6.45) is 0. The Kier molecular flexibility index (Phi) is 3.53. The fourth-order valence-electron chi connectivity index (χ4n) is 1.64. The number of ether oxygens (including phenoxy) is 1. The minimum absolute atomic E-state index is 0.231. The Morgan fingerprint density at radius 3 is 2.64 bits per heavy atom. The lowest BCUT2D eigenvalue weighted by Crippen LogP contribution is -2.42. The summed E-state index contributed by atoms with van der Waals surface area (Å²) in [4.78, 5) is 13.9. The molecule has 1 aliphatic rings. The average molecular weight is 199 g/mol. The van der Waals surface area contributed by atoms with Crippen molar-refractivity contribution >= 4 is 5.91 Å². The van der Waals surface area contributed by atoms with Crippen molar-refractivity contribution < 1.29 is 9.53 Å². The summed E-state index contributed by atoms with van der Waals surface area (Å²) in [5.41, 5.74) is -0.274. The van der Waals surface area contributed by atoms with Gasteiger partial charge in [0, 0.05) is 18.5 Å². The Labute approximate surface area is 86.4 Å². The molecular formula is C11H21NO2. The highest BCUT2D eigenvalue weighted by molar-refractivity contribution is 5.81. The summed E-state index contributed by atoms with van der Waals surface area (Å²) in [7, 11) is 0. The monoisotopic (exact) mass is 199 g/mol. The fraction of sp³-hybridized carbons (Fsp3) is 0.909. The largest absolute Gasteiger partial charge is 0.379 e. The van der Waals surface area contributed by atoms with Crippen LogP contribution in [-0.4, -0.2) is 37.1 Å². The number of hydrogen-bond donors (Lipinski definition) is 0. The van der Waals surface area contributed by atoms with Gasteiger partial charge < -0.3 is 9.64 Å². The van der Waals surface area contributed by atoms with E-state index in [1.807, 2.05) is 25.7 Å². The quantitative estimate of drug-likeness (QED) is 0.592. The highest BCUT2D eigenvalue weighted by Crippen LogP contribution is 2.19. The van der Waals surface area contributed by atoms with Crippen LogP contribution in [0.25, 0.3) is 0 Å². The average Bonchev–Trinajstić information content (AvgIpc) is 2.26. The van der Waals surface area contributed by atoms with Crippen molar-refractivity contribution in [3.05, 3.63) is 0 Å². The normalized spacial score (nSPS) is 24.6. The van der Waals surface area contributed by atoms with Crippen LogP contribution in [0.15, 0.2) is 0 Å². The van der Waals surface area contributed by atoms with E-state index in [9.17, 15) is 4.79 Å². The van der Waals surface area contributed by atoms with Crippen molar-refractivity contribution in [3.63, 3.8) is 0 Å². The summed E-state index contributed by atoms with van der Waals surface area (Å²) >= 11 is 0. The molecule has 1 amide bonds. The van der Waals surface area contributed by atoms with Gasteiger partial charge in [-0.3, -0.25) is 4.79 Å². The Morgan fingerprint density at radius 1 is 1.43 bits per heavy atom. The van der Waals surface area contributed by atoms with Crippen molar-refractivity contribution in [2.24, 2.45) is 11.3 Å². The minimum Gasteiger partial charge on any atom is -0.379 e. The number of amides is 1. The standard InChI is InChI=1S/C11H21NO2/c1-9-7-12(5-6-14-8-9)10(13)11(2,3)4/h9H,5-8H2,1-4H3. The molecule has 1 fully saturated rings. The molecule has 14 heavy (non-hydrogen) atoms. The first-order valence-electron chi connectivity index (χ1n) is 5.28. The predicted molar refractivity (Wildman–Crippen MR) is 56.0 cm³/mol. The van der Waals surface area contributed by atoms with Gasteiger partial charge in [0.05, 0.1) is 13.2 Å². The molecule has 3 nitrogen and oxygen atoms in total. The van der Waals surface area contributed by atoms with Gasteiger partial charge in [-0.25, -0.2) is 0 Å². The van der Waals surface area contributed by atoms with Crippen LogP contribution in [0.1, 0.15) is 27.7 Å². The Bertz CT molecular complexity index is 208. The molecule has 82 valence electrons. The lowest BCUT2D eigenvalue weighted by molar-refractivity contribution is -0.139. The van der Waals surface area contributed by atoms with Crippen LogP contribution < -0.4 is 0 Å². The van der Waals surface area contributed by atoms with E-state index < -0.39 is 0 Å². The highest BCUT2D eigenvalue weighted by atomic mass is 16.5. The Hall–Kier alpha value is -0.570. The van der Waals surface area contributed by atoms with Gasteiger partial charge in [0.25, 0.3) is 0 Å². The molecule has 0 aromatic heterocycles. The zero-order valence-electron chi connectivity index (χ0n) is 9.67. The second-order valence-corrected chi connectivity index (χ2v) is 5.18. The molecule has 1 rings (SSSR count). The molecule has 1 saturated heterocycles. The maximum absolute atomic E-state index is 12.0. The molecule has 0 spiro atoms. The van der Waals surface area contributed by atoms with Crippen LogP contribution in [0.4, 0.5) is 0 Å². The third-order valence-electron chi connectivity index (χ3n) is 2.37. The van der Waals surface area contributed by atoms with Crippen LogP contribution in [0.3, 0.4) is 0 Å². The van der Waals surface area contributed by atoms with E-state index in [1.165, 1.54) is 0 Å². The molecule has 1 aliphatic heterocycles. The molecule has 0 saturated carbocycles. The molecule has 0 N–H and O–H groups in total. The molecule has 0 bridgehead atoms. The van der Waals surface area contributed by atoms with Gasteiger partial charge in [-0.05, 0) is 5.92 Å². The van der Waals surface area contributed by atoms with Crippen LogP contribution in [-0.2, 0) is 9.53 Å². The molecule has 0 aliphatic carbocycles. The van der Waals surface area contributed by atoms with E-state index in [1.54, 1.807) is 0 Å². The van der Waals surface area contributed by atoms with Crippen molar-refractivity contribution in [1.29, 1.82) is 0 Å². The smallest absolute Gasteiger partial charge is 0.228 e. The third-order valence-corrected chi connectivity index (χ3v) is 2.37. The van der Waals surface area contributed by atoms with Gasteiger partial charge in [0.15, 0.2) is 0 Å². The van der Waals surface area contributed by atoms with Gasteiger partial charge in [0.1, 0.15) is 0 Å². The van der Waals surface area contributed by atoms with Crippen molar-refractivity contribution in [1.82, 2.24) is 4.90 Å². The number of rotatable bonds is 0. The van der Waals surface area contributed by atoms with Gasteiger partial charge in [-0.1, -0.05) is 27.7 Å². The number of nitrogens with zero attached hydrogens (tertiary/aromatic N) is 1. The highest BCUT2D eigenvalue weighted by Gasteiger charge is 2.28. The Morgan fingerprint density at radius 2 is 2.07 bits per heavy atom. The lowest BCUT2D eigenvalue weighted by Gasteiger charge is -2.29. The maximum atomic E-state index is 12.0.